The van der Waals surface area contributed by atoms with E-state index in [0.29, 0.717) is 54.2 Å². The van der Waals surface area contributed by atoms with E-state index in [1.165, 1.54) is 22.8 Å². The van der Waals surface area contributed by atoms with Crippen LogP contribution < -0.4 is 24.4 Å². The van der Waals surface area contributed by atoms with E-state index < -0.39 is 18.0 Å². The lowest BCUT2D eigenvalue weighted by Gasteiger charge is -2.24. The van der Waals surface area contributed by atoms with Crippen molar-refractivity contribution in [1.82, 2.24) is 4.57 Å². The van der Waals surface area contributed by atoms with Gasteiger partial charge < -0.3 is 23.7 Å². The maximum absolute atomic E-state index is 13.8. The maximum atomic E-state index is 13.8. The fraction of sp³-hybridized carbons (Fsp3) is 0.172. The molecular formula is C29H21ClN2O8S. The third-order valence-corrected chi connectivity index (χ3v) is 7.92. The van der Waals surface area contributed by atoms with E-state index in [1.807, 2.05) is 0 Å². The quantitative estimate of drug-likeness (QED) is 0.331. The minimum atomic E-state index is -1.09. The van der Waals surface area contributed by atoms with Gasteiger partial charge in [-0.1, -0.05) is 29.0 Å². The molecule has 0 fully saturated rings. The van der Waals surface area contributed by atoms with Crippen LogP contribution in [0.4, 0.5) is 0 Å². The number of aromatic carboxylic acids is 1. The van der Waals surface area contributed by atoms with Gasteiger partial charge in [-0.05, 0) is 61.9 Å². The highest BCUT2D eigenvalue weighted by Crippen LogP contribution is 2.38. The van der Waals surface area contributed by atoms with Crippen LogP contribution >= 0.6 is 22.9 Å². The molecule has 208 valence electrons. The van der Waals surface area contributed by atoms with Crippen molar-refractivity contribution in [3.63, 3.8) is 0 Å². The smallest absolute Gasteiger partial charge is 0.338 e. The van der Waals surface area contributed by atoms with Gasteiger partial charge in [0.1, 0.15) is 11.5 Å². The molecule has 4 heterocycles. The van der Waals surface area contributed by atoms with Gasteiger partial charge in [-0.2, -0.15) is 0 Å². The summed E-state index contributed by atoms with van der Waals surface area (Å²) in [7, 11) is 0. The average molecular weight is 593 g/mol. The highest BCUT2D eigenvalue weighted by molar-refractivity contribution is 7.07. The Morgan fingerprint density at radius 2 is 1.98 bits per heavy atom. The van der Waals surface area contributed by atoms with Crippen LogP contribution in [0.3, 0.4) is 0 Å². The van der Waals surface area contributed by atoms with Crippen LogP contribution in [0.25, 0.3) is 17.4 Å². The number of nitrogens with zero attached hydrogens (tertiary/aromatic N) is 2. The predicted molar refractivity (Wildman–Crippen MR) is 149 cm³/mol. The number of thiazole rings is 1. The number of hydrogen-bond donors (Lipinski definition) is 1. The van der Waals surface area contributed by atoms with Gasteiger partial charge in [-0.25, -0.2) is 14.6 Å². The topological polar surface area (TPSA) is 130 Å². The van der Waals surface area contributed by atoms with Crippen LogP contribution in [0.1, 0.15) is 41.6 Å². The summed E-state index contributed by atoms with van der Waals surface area (Å²) in [5.74, 6) is 0.115. The number of furan rings is 1. The van der Waals surface area contributed by atoms with Crippen molar-refractivity contribution >= 4 is 41.0 Å². The second kappa shape index (κ2) is 10.4. The molecule has 12 heteroatoms. The number of carbonyl (C=O) groups is 2. The molecule has 0 radical (unpaired) electrons. The Hall–Kier alpha value is -4.61. The van der Waals surface area contributed by atoms with Crippen LogP contribution in [0, 0.1) is 0 Å². The summed E-state index contributed by atoms with van der Waals surface area (Å²) in [6.07, 6.45) is 1.57. The molecule has 2 aromatic carbocycles. The van der Waals surface area contributed by atoms with Crippen LogP contribution in [0.5, 0.6) is 11.5 Å². The molecule has 2 aliphatic rings. The molecule has 41 heavy (non-hydrogen) atoms. The normalized spacial score (nSPS) is 16.0. The predicted octanol–water partition coefficient (Wildman–Crippen LogP) is 4.14. The molecule has 0 saturated heterocycles. The zero-order chi connectivity index (χ0) is 28.8. The number of carboxylic acid groups (broad SMARTS) is 1. The van der Waals surface area contributed by atoms with E-state index in [4.69, 9.17) is 30.2 Å². The lowest BCUT2D eigenvalue weighted by Crippen LogP contribution is -2.39. The van der Waals surface area contributed by atoms with E-state index in [0.717, 1.165) is 11.3 Å². The van der Waals surface area contributed by atoms with Crippen molar-refractivity contribution in [1.29, 1.82) is 0 Å². The molecule has 4 aromatic rings. The molecule has 0 spiro atoms. The standard InChI is InChI=1S/C29H21ClN2O8S/c1-3-37-28(36)24-14(2)31-29-32(25(24)15-5-8-21-22(11-15)39-13-38-21)26(33)23(41-29)12-17-6-9-20(40-17)18-10-16(27(34)35)4-7-19(18)30/h4-12,25H,3,13H2,1-2H3,(H,34,35)/b23-12-. The Labute approximate surface area is 241 Å². The first-order valence-corrected chi connectivity index (χ1v) is 13.7. The fourth-order valence-corrected chi connectivity index (χ4v) is 5.98. The molecular weight excluding hydrogens is 572 g/mol. The second-order valence-electron chi connectivity index (χ2n) is 9.12. The maximum Gasteiger partial charge on any atom is 0.338 e. The number of esters is 1. The summed E-state index contributed by atoms with van der Waals surface area (Å²) in [5.41, 5.74) is 1.41. The molecule has 6 rings (SSSR count). The average Bonchev–Trinajstić information content (AvgIpc) is 3.67. The van der Waals surface area contributed by atoms with E-state index >= 15 is 0 Å². The largest absolute Gasteiger partial charge is 0.478 e. The summed E-state index contributed by atoms with van der Waals surface area (Å²) in [6, 6.07) is 12.1. The number of aromatic nitrogens is 1. The summed E-state index contributed by atoms with van der Waals surface area (Å²) in [4.78, 5) is 43.3. The molecule has 0 bridgehead atoms. The van der Waals surface area contributed by atoms with Crippen LogP contribution in [-0.4, -0.2) is 35.0 Å². The molecule has 2 aromatic heterocycles. The first-order chi connectivity index (χ1) is 19.7. The lowest BCUT2D eigenvalue weighted by molar-refractivity contribution is -0.139. The number of hydrogen-bond acceptors (Lipinski definition) is 9. The number of rotatable bonds is 6. The van der Waals surface area contributed by atoms with Crippen LogP contribution in [0.2, 0.25) is 5.02 Å². The number of carbonyl (C=O) groups excluding carboxylic acids is 1. The fourth-order valence-electron chi connectivity index (χ4n) is 4.74. The van der Waals surface area contributed by atoms with Gasteiger partial charge in [-0.3, -0.25) is 9.36 Å². The Balaban J connectivity index is 1.47. The highest BCUT2D eigenvalue weighted by Gasteiger charge is 2.34. The Kier molecular flexibility index (Phi) is 6.76. The van der Waals surface area contributed by atoms with E-state index in [1.54, 1.807) is 50.3 Å². The van der Waals surface area contributed by atoms with Crippen molar-refractivity contribution < 1.29 is 33.3 Å². The minimum absolute atomic E-state index is 0.0620. The Morgan fingerprint density at radius 1 is 1.17 bits per heavy atom. The molecule has 2 aliphatic heterocycles. The Morgan fingerprint density at radius 3 is 2.76 bits per heavy atom. The SMILES string of the molecule is CCOC(=O)C1=C(C)N=c2s/c(=C\c3ccc(-c4cc(C(=O)O)ccc4Cl)o3)c(=O)n2C1c1ccc2c(c1)OCO2. The van der Waals surface area contributed by atoms with Crippen molar-refractivity contribution in [2.24, 2.45) is 4.99 Å². The first kappa shape index (κ1) is 26.6. The highest BCUT2D eigenvalue weighted by atomic mass is 35.5. The summed E-state index contributed by atoms with van der Waals surface area (Å²) in [6.45, 7) is 3.66. The number of halogens is 1. The zero-order valence-corrected chi connectivity index (χ0v) is 23.2. The van der Waals surface area contributed by atoms with Crippen molar-refractivity contribution in [3.05, 3.63) is 101 Å². The number of ether oxygens (including phenoxy) is 3. The summed E-state index contributed by atoms with van der Waals surface area (Å²) in [5, 5.41) is 9.66. The molecule has 0 saturated carbocycles. The van der Waals surface area contributed by atoms with Crippen molar-refractivity contribution in [2.75, 3.05) is 13.4 Å². The number of fused-ring (bicyclic) bond motifs is 2. The summed E-state index contributed by atoms with van der Waals surface area (Å²) >= 11 is 7.45. The van der Waals surface area contributed by atoms with Crippen molar-refractivity contribution in [2.45, 2.75) is 19.9 Å². The third-order valence-electron chi connectivity index (χ3n) is 6.61. The van der Waals surface area contributed by atoms with E-state index in [2.05, 4.69) is 4.99 Å². The van der Waals surface area contributed by atoms with Crippen molar-refractivity contribution in [3.8, 4) is 22.8 Å². The molecule has 1 unspecified atom stereocenters. The minimum Gasteiger partial charge on any atom is -0.478 e. The van der Waals surface area contributed by atoms with Gasteiger partial charge in [0, 0.05) is 11.6 Å². The molecule has 0 amide bonds. The van der Waals surface area contributed by atoms with Crippen LogP contribution in [-0.2, 0) is 9.53 Å². The van der Waals surface area contributed by atoms with Gasteiger partial charge in [0.2, 0.25) is 6.79 Å². The molecule has 1 atom stereocenters. The van der Waals surface area contributed by atoms with Gasteiger partial charge in [0.15, 0.2) is 16.3 Å². The van der Waals surface area contributed by atoms with E-state index in [-0.39, 0.29) is 30.1 Å². The third kappa shape index (κ3) is 4.72. The monoisotopic (exact) mass is 592 g/mol. The summed E-state index contributed by atoms with van der Waals surface area (Å²) < 4.78 is 24.0. The zero-order valence-electron chi connectivity index (χ0n) is 21.7. The second-order valence-corrected chi connectivity index (χ2v) is 10.5. The number of allylic oxidation sites excluding steroid dienone is 1. The van der Waals surface area contributed by atoms with E-state index in [9.17, 15) is 19.5 Å². The van der Waals surface area contributed by atoms with Gasteiger partial charge in [-0.15, -0.1) is 0 Å². The first-order valence-electron chi connectivity index (χ1n) is 12.5. The number of benzene rings is 2. The number of carboxylic acids is 1. The molecule has 10 nitrogen and oxygen atoms in total. The van der Waals surface area contributed by atoms with Gasteiger partial charge >= 0.3 is 11.9 Å². The lowest BCUT2D eigenvalue weighted by atomic mass is 9.95. The molecule has 1 N–H and O–H groups in total. The Bertz CT molecular complexity index is 1950. The van der Waals surface area contributed by atoms with Gasteiger partial charge in [0.25, 0.3) is 5.56 Å². The molecule has 0 aliphatic carbocycles. The van der Waals surface area contributed by atoms with Crippen LogP contribution in [0.15, 0.2) is 74.0 Å². The van der Waals surface area contributed by atoms with Gasteiger partial charge in [0.05, 0.1) is 39.0 Å².